The van der Waals surface area contributed by atoms with Gasteiger partial charge >= 0.3 is 0 Å². The number of carbonyl (C=O) groups excluding carboxylic acids is 1. The molecule has 4 nitrogen and oxygen atoms in total. The van der Waals surface area contributed by atoms with Crippen LogP contribution in [-0.2, 0) is 11.3 Å². The van der Waals surface area contributed by atoms with E-state index in [4.69, 9.17) is 0 Å². The maximum atomic E-state index is 12.6. The standard InChI is InChI=1S/C21H31F2N3O/c1-21(10-5-11-26(21)14-17-6-3-2-4-7-17)16-24-20(27)18-8-12-25(13-9-18)15-19(22)23/h2-4,6-7,18-19H,5,8-16H2,1H3,(H,24,27). The molecule has 2 fully saturated rings. The molecule has 0 bridgehead atoms. The number of nitrogens with one attached hydrogen (secondary N) is 1. The molecule has 0 radical (unpaired) electrons. The summed E-state index contributed by atoms with van der Waals surface area (Å²) in [6, 6.07) is 10.4. The predicted molar refractivity (Wildman–Crippen MR) is 103 cm³/mol. The molecule has 2 aliphatic heterocycles. The second-order valence-electron chi connectivity index (χ2n) is 8.19. The van der Waals surface area contributed by atoms with E-state index in [1.807, 2.05) is 6.07 Å². The van der Waals surface area contributed by atoms with Gasteiger partial charge in [-0.1, -0.05) is 30.3 Å². The van der Waals surface area contributed by atoms with Crippen molar-refractivity contribution in [1.29, 1.82) is 0 Å². The second kappa shape index (κ2) is 9.11. The minimum atomic E-state index is -2.30. The van der Waals surface area contributed by atoms with Gasteiger partial charge in [-0.05, 0) is 57.8 Å². The maximum Gasteiger partial charge on any atom is 0.251 e. The Morgan fingerprint density at radius 2 is 1.93 bits per heavy atom. The van der Waals surface area contributed by atoms with Crippen molar-refractivity contribution in [1.82, 2.24) is 15.1 Å². The minimum absolute atomic E-state index is 0.0259. The molecular formula is C21H31F2N3O. The number of alkyl halides is 2. The highest BCUT2D eigenvalue weighted by molar-refractivity contribution is 5.78. The van der Waals surface area contributed by atoms with E-state index in [0.29, 0.717) is 32.5 Å². The Morgan fingerprint density at radius 3 is 2.59 bits per heavy atom. The molecule has 2 saturated heterocycles. The number of benzene rings is 1. The van der Waals surface area contributed by atoms with E-state index in [1.165, 1.54) is 5.56 Å². The Kier molecular flexibility index (Phi) is 6.82. The van der Waals surface area contributed by atoms with Crippen LogP contribution in [-0.4, -0.2) is 60.4 Å². The number of rotatable bonds is 7. The third-order valence-electron chi connectivity index (χ3n) is 6.12. The van der Waals surface area contributed by atoms with Crippen molar-refractivity contribution in [2.75, 3.05) is 32.7 Å². The lowest BCUT2D eigenvalue weighted by Crippen LogP contribution is -2.51. The van der Waals surface area contributed by atoms with Crippen LogP contribution in [0.4, 0.5) is 8.78 Å². The van der Waals surface area contributed by atoms with Crippen LogP contribution >= 0.6 is 0 Å². The third-order valence-corrected chi connectivity index (χ3v) is 6.12. The molecule has 1 aromatic rings. The summed E-state index contributed by atoms with van der Waals surface area (Å²) in [5, 5.41) is 3.16. The largest absolute Gasteiger partial charge is 0.354 e. The monoisotopic (exact) mass is 379 g/mol. The van der Waals surface area contributed by atoms with Crippen molar-refractivity contribution < 1.29 is 13.6 Å². The zero-order valence-corrected chi connectivity index (χ0v) is 16.2. The maximum absolute atomic E-state index is 12.6. The van der Waals surface area contributed by atoms with Crippen LogP contribution in [0, 0.1) is 5.92 Å². The predicted octanol–water partition coefficient (Wildman–Crippen LogP) is 3.13. The number of halogens is 2. The van der Waals surface area contributed by atoms with Crippen LogP contribution in [0.2, 0.25) is 0 Å². The summed E-state index contributed by atoms with van der Waals surface area (Å²) in [5.41, 5.74) is 1.27. The lowest BCUT2D eigenvalue weighted by atomic mass is 9.94. The molecule has 1 unspecified atom stereocenters. The summed E-state index contributed by atoms with van der Waals surface area (Å²) in [7, 11) is 0. The first-order valence-corrected chi connectivity index (χ1v) is 10.0. The Morgan fingerprint density at radius 1 is 1.22 bits per heavy atom. The molecule has 2 aliphatic rings. The van der Waals surface area contributed by atoms with Gasteiger partial charge in [0.2, 0.25) is 5.91 Å². The van der Waals surface area contributed by atoms with E-state index in [-0.39, 0.29) is 23.9 Å². The van der Waals surface area contributed by atoms with Crippen molar-refractivity contribution in [3.8, 4) is 0 Å². The Hall–Kier alpha value is -1.53. The molecule has 0 spiro atoms. The summed E-state index contributed by atoms with van der Waals surface area (Å²) < 4.78 is 25.0. The van der Waals surface area contributed by atoms with Gasteiger partial charge in [-0.15, -0.1) is 0 Å². The number of hydrogen-bond donors (Lipinski definition) is 1. The van der Waals surface area contributed by atoms with Gasteiger partial charge in [0.1, 0.15) is 0 Å². The Bertz CT molecular complexity index is 605. The van der Waals surface area contributed by atoms with Gasteiger partial charge < -0.3 is 5.32 Å². The summed E-state index contributed by atoms with van der Waals surface area (Å²) >= 11 is 0. The lowest BCUT2D eigenvalue weighted by Gasteiger charge is -2.36. The fourth-order valence-electron chi connectivity index (χ4n) is 4.35. The topological polar surface area (TPSA) is 35.6 Å². The van der Waals surface area contributed by atoms with E-state index in [1.54, 1.807) is 4.90 Å². The molecule has 0 aromatic heterocycles. The van der Waals surface area contributed by atoms with E-state index < -0.39 is 6.43 Å². The fourth-order valence-corrected chi connectivity index (χ4v) is 4.35. The first-order valence-electron chi connectivity index (χ1n) is 10.0. The Labute approximate surface area is 160 Å². The van der Waals surface area contributed by atoms with Crippen LogP contribution < -0.4 is 5.32 Å². The quantitative estimate of drug-likeness (QED) is 0.791. The van der Waals surface area contributed by atoms with Gasteiger partial charge in [-0.2, -0.15) is 0 Å². The van der Waals surface area contributed by atoms with Crippen LogP contribution in [0.1, 0.15) is 38.2 Å². The van der Waals surface area contributed by atoms with Crippen molar-refractivity contribution in [3.63, 3.8) is 0 Å². The fraction of sp³-hybridized carbons (Fsp3) is 0.667. The van der Waals surface area contributed by atoms with Crippen LogP contribution in [0.5, 0.6) is 0 Å². The van der Waals surface area contributed by atoms with E-state index >= 15 is 0 Å². The molecule has 6 heteroatoms. The van der Waals surface area contributed by atoms with Crippen LogP contribution in [0.25, 0.3) is 0 Å². The SMILES string of the molecule is CC1(CNC(=O)C2CCN(CC(F)F)CC2)CCCN1Cc1ccccc1. The first kappa shape index (κ1) is 20.2. The Balaban J connectivity index is 1.47. The molecule has 1 amide bonds. The third kappa shape index (κ3) is 5.48. The molecule has 1 aromatic carbocycles. The molecule has 27 heavy (non-hydrogen) atoms. The van der Waals surface area contributed by atoms with Gasteiger partial charge in [0.05, 0.1) is 6.54 Å². The average Bonchev–Trinajstić information content (AvgIpc) is 3.01. The number of piperidine rings is 1. The second-order valence-corrected chi connectivity index (χ2v) is 8.19. The number of hydrogen-bond acceptors (Lipinski definition) is 3. The number of likely N-dealkylation sites (tertiary alicyclic amines) is 2. The summed E-state index contributed by atoms with van der Waals surface area (Å²) in [4.78, 5) is 16.8. The van der Waals surface area contributed by atoms with Gasteiger partial charge in [0.25, 0.3) is 6.43 Å². The van der Waals surface area contributed by atoms with Crippen molar-refractivity contribution in [3.05, 3.63) is 35.9 Å². The van der Waals surface area contributed by atoms with Crippen LogP contribution in [0.15, 0.2) is 30.3 Å². The first-order chi connectivity index (χ1) is 13.0. The summed E-state index contributed by atoms with van der Waals surface area (Å²) in [6.07, 6.45) is 1.26. The molecule has 1 N–H and O–H groups in total. The normalized spacial score (nSPS) is 25.2. The molecule has 0 aliphatic carbocycles. The van der Waals surface area contributed by atoms with E-state index in [9.17, 15) is 13.6 Å². The number of amides is 1. The molecule has 1 atom stereocenters. The molecule has 2 heterocycles. The lowest BCUT2D eigenvalue weighted by molar-refractivity contribution is -0.127. The summed E-state index contributed by atoms with van der Waals surface area (Å²) in [5.74, 6) is 0.0333. The van der Waals surface area contributed by atoms with Gasteiger partial charge in [-0.25, -0.2) is 8.78 Å². The highest BCUT2D eigenvalue weighted by atomic mass is 19.3. The highest BCUT2D eigenvalue weighted by Gasteiger charge is 2.37. The zero-order valence-electron chi connectivity index (χ0n) is 16.2. The number of nitrogens with zero attached hydrogens (tertiary/aromatic N) is 2. The van der Waals surface area contributed by atoms with Gasteiger partial charge in [-0.3, -0.25) is 14.6 Å². The van der Waals surface area contributed by atoms with Gasteiger partial charge in [0, 0.05) is 24.5 Å². The molecule has 3 rings (SSSR count). The number of carbonyl (C=O) groups is 1. The minimum Gasteiger partial charge on any atom is -0.354 e. The van der Waals surface area contributed by atoms with Gasteiger partial charge in [0.15, 0.2) is 0 Å². The van der Waals surface area contributed by atoms with E-state index in [0.717, 1.165) is 25.9 Å². The zero-order chi connectivity index (χ0) is 19.3. The molecule has 0 saturated carbocycles. The van der Waals surface area contributed by atoms with E-state index in [2.05, 4.69) is 41.4 Å². The molecule has 150 valence electrons. The summed E-state index contributed by atoms with van der Waals surface area (Å²) in [6.45, 7) is 5.82. The van der Waals surface area contributed by atoms with Crippen molar-refractivity contribution in [2.45, 2.75) is 51.1 Å². The smallest absolute Gasteiger partial charge is 0.251 e. The molecular weight excluding hydrogens is 348 g/mol. The van der Waals surface area contributed by atoms with Crippen LogP contribution in [0.3, 0.4) is 0 Å². The average molecular weight is 379 g/mol. The highest BCUT2D eigenvalue weighted by Crippen LogP contribution is 2.30. The van der Waals surface area contributed by atoms with Crippen molar-refractivity contribution >= 4 is 5.91 Å². The van der Waals surface area contributed by atoms with Crippen molar-refractivity contribution in [2.24, 2.45) is 5.92 Å².